The maximum atomic E-state index is 6.05. The van der Waals surface area contributed by atoms with Crippen LogP contribution in [0.2, 0.25) is 10.2 Å². The normalized spacial score (nSPS) is 11.5. The van der Waals surface area contributed by atoms with Crippen molar-refractivity contribution in [2.24, 2.45) is 5.10 Å². The lowest BCUT2D eigenvalue weighted by atomic mass is 10.3. The van der Waals surface area contributed by atoms with E-state index in [1.807, 2.05) is 28.1 Å². The molecule has 2 heterocycles. The SMILES string of the molecule is Clc1ccc(N/N=C\c2c(Cl)nc3sccn23)cc1. The molecule has 0 amide bonds. The van der Waals surface area contributed by atoms with Crippen molar-refractivity contribution in [2.75, 3.05) is 5.43 Å². The van der Waals surface area contributed by atoms with Gasteiger partial charge < -0.3 is 0 Å². The van der Waals surface area contributed by atoms with Crippen LogP contribution in [0.3, 0.4) is 0 Å². The van der Waals surface area contributed by atoms with Crippen molar-refractivity contribution in [2.45, 2.75) is 0 Å². The van der Waals surface area contributed by atoms with Gasteiger partial charge in [-0.1, -0.05) is 23.2 Å². The van der Waals surface area contributed by atoms with E-state index in [1.54, 1.807) is 18.3 Å². The molecular weight excluding hydrogens is 303 g/mol. The van der Waals surface area contributed by atoms with Crippen molar-refractivity contribution in [3.05, 3.63) is 51.7 Å². The highest BCUT2D eigenvalue weighted by atomic mass is 35.5. The lowest BCUT2D eigenvalue weighted by Gasteiger charge is -1.99. The lowest BCUT2D eigenvalue weighted by molar-refractivity contribution is 1.21. The third kappa shape index (κ3) is 2.58. The molecule has 0 radical (unpaired) electrons. The number of nitrogens with zero attached hydrogens (tertiary/aromatic N) is 3. The quantitative estimate of drug-likeness (QED) is 0.583. The number of aromatic nitrogens is 2. The monoisotopic (exact) mass is 310 g/mol. The Hall–Kier alpha value is -1.56. The van der Waals surface area contributed by atoms with Crippen LogP contribution in [0.5, 0.6) is 0 Å². The molecule has 19 heavy (non-hydrogen) atoms. The van der Waals surface area contributed by atoms with Gasteiger partial charge in [0.1, 0.15) is 5.69 Å². The Kier molecular flexibility index (Phi) is 3.42. The number of halogens is 2. The molecule has 0 bridgehead atoms. The van der Waals surface area contributed by atoms with Gasteiger partial charge in [0.15, 0.2) is 10.1 Å². The van der Waals surface area contributed by atoms with Gasteiger partial charge in [0.25, 0.3) is 0 Å². The van der Waals surface area contributed by atoms with Crippen molar-refractivity contribution in [3.8, 4) is 0 Å². The Balaban J connectivity index is 1.80. The number of hydrogen-bond donors (Lipinski definition) is 1. The highest BCUT2D eigenvalue weighted by Gasteiger charge is 2.08. The molecule has 0 atom stereocenters. The zero-order chi connectivity index (χ0) is 13.2. The molecule has 0 spiro atoms. The molecule has 0 fully saturated rings. The van der Waals surface area contributed by atoms with Crippen LogP contribution in [0.25, 0.3) is 4.96 Å². The summed E-state index contributed by atoms with van der Waals surface area (Å²) in [5.74, 6) is 0. The second-order valence-corrected chi connectivity index (χ2v) is 5.39. The van der Waals surface area contributed by atoms with Gasteiger partial charge in [-0.2, -0.15) is 5.10 Å². The van der Waals surface area contributed by atoms with Gasteiger partial charge in [-0.15, -0.1) is 11.3 Å². The Labute approximate surface area is 123 Å². The maximum Gasteiger partial charge on any atom is 0.195 e. The molecule has 0 unspecified atom stereocenters. The highest BCUT2D eigenvalue weighted by molar-refractivity contribution is 7.15. The minimum absolute atomic E-state index is 0.438. The summed E-state index contributed by atoms with van der Waals surface area (Å²) in [6.07, 6.45) is 3.55. The molecule has 1 N–H and O–H groups in total. The van der Waals surface area contributed by atoms with Gasteiger partial charge in [-0.25, -0.2) is 4.98 Å². The molecule has 1 aromatic carbocycles. The van der Waals surface area contributed by atoms with Crippen LogP contribution in [0.4, 0.5) is 5.69 Å². The predicted octanol–water partition coefficient (Wildman–Crippen LogP) is 4.15. The van der Waals surface area contributed by atoms with E-state index in [2.05, 4.69) is 15.5 Å². The summed E-state index contributed by atoms with van der Waals surface area (Å²) in [5, 5.41) is 7.22. The van der Waals surface area contributed by atoms with Crippen LogP contribution >= 0.6 is 34.5 Å². The summed E-state index contributed by atoms with van der Waals surface area (Å²) < 4.78 is 1.89. The van der Waals surface area contributed by atoms with Crippen molar-refractivity contribution < 1.29 is 0 Å². The minimum atomic E-state index is 0.438. The minimum Gasteiger partial charge on any atom is -0.288 e. The van der Waals surface area contributed by atoms with Crippen molar-refractivity contribution in [1.29, 1.82) is 0 Å². The van der Waals surface area contributed by atoms with Crippen LogP contribution in [0.1, 0.15) is 5.69 Å². The third-order valence-corrected chi connectivity index (χ3v) is 3.77. The number of thiazole rings is 1. The Morgan fingerprint density at radius 3 is 2.84 bits per heavy atom. The fourth-order valence-electron chi connectivity index (χ4n) is 1.58. The first kappa shape index (κ1) is 12.5. The van der Waals surface area contributed by atoms with E-state index in [1.165, 1.54) is 11.3 Å². The first-order chi connectivity index (χ1) is 9.24. The van der Waals surface area contributed by atoms with Crippen LogP contribution in [0, 0.1) is 0 Å². The summed E-state index contributed by atoms with van der Waals surface area (Å²) in [7, 11) is 0. The van der Waals surface area contributed by atoms with Crippen LogP contribution in [-0.4, -0.2) is 15.6 Å². The zero-order valence-corrected chi connectivity index (χ0v) is 11.9. The molecule has 2 aromatic heterocycles. The molecule has 3 rings (SSSR count). The molecule has 0 aliphatic carbocycles. The second-order valence-electron chi connectivity index (χ2n) is 3.72. The molecule has 4 nitrogen and oxygen atoms in total. The van der Waals surface area contributed by atoms with Gasteiger partial charge in [0, 0.05) is 16.6 Å². The van der Waals surface area contributed by atoms with E-state index >= 15 is 0 Å². The molecule has 0 saturated heterocycles. The molecule has 96 valence electrons. The predicted molar refractivity (Wildman–Crippen MR) is 80.7 cm³/mol. The fourth-order valence-corrected chi connectivity index (χ4v) is 2.70. The molecular formula is C12H8Cl2N4S. The molecule has 0 saturated carbocycles. The topological polar surface area (TPSA) is 41.7 Å². The standard InChI is InChI=1S/C12H8Cl2N4S/c13-8-1-3-9(4-2-8)17-15-7-10-11(14)16-12-18(10)5-6-19-12/h1-7,17H/b15-7-. The first-order valence-corrected chi connectivity index (χ1v) is 7.03. The zero-order valence-electron chi connectivity index (χ0n) is 9.55. The Morgan fingerprint density at radius 2 is 2.05 bits per heavy atom. The number of rotatable bonds is 3. The summed E-state index contributed by atoms with van der Waals surface area (Å²) in [6, 6.07) is 7.28. The van der Waals surface area contributed by atoms with Gasteiger partial charge in [-0.05, 0) is 24.3 Å². The molecule has 3 aromatic rings. The summed E-state index contributed by atoms with van der Waals surface area (Å²) >= 11 is 13.4. The highest BCUT2D eigenvalue weighted by Crippen LogP contribution is 2.20. The lowest BCUT2D eigenvalue weighted by Crippen LogP contribution is -1.93. The summed E-state index contributed by atoms with van der Waals surface area (Å²) in [5.41, 5.74) is 4.51. The summed E-state index contributed by atoms with van der Waals surface area (Å²) in [6.45, 7) is 0. The van der Waals surface area contributed by atoms with Crippen molar-refractivity contribution in [3.63, 3.8) is 0 Å². The van der Waals surface area contributed by atoms with E-state index in [4.69, 9.17) is 23.2 Å². The van der Waals surface area contributed by atoms with E-state index in [9.17, 15) is 0 Å². The van der Waals surface area contributed by atoms with Crippen molar-refractivity contribution in [1.82, 2.24) is 9.38 Å². The largest absolute Gasteiger partial charge is 0.288 e. The Bertz CT molecular complexity index is 730. The smallest absolute Gasteiger partial charge is 0.195 e. The van der Waals surface area contributed by atoms with Crippen LogP contribution in [-0.2, 0) is 0 Å². The number of anilines is 1. The molecule has 0 aliphatic heterocycles. The second kappa shape index (κ2) is 5.21. The van der Waals surface area contributed by atoms with Crippen LogP contribution in [0.15, 0.2) is 40.9 Å². The van der Waals surface area contributed by atoms with E-state index in [-0.39, 0.29) is 0 Å². The average molecular weight is 311 g/mol. The number of hydrazone groups is 1. The number of hydrogen-bond acceptors (Lipinski definition) is 4. The number of nitrogens with one attached hydrogen (secondary N) is 1. The van der Waals surface area contributed by atoms with E-state index in [0.717, 1.165) is 16.3 Å². The molecule has 0 aliphatic rings. The van der Waals surface area contributed by atoms with E-state index in [0.29, 0.717) is 10.2 Å². The average Bonchev–Trinajstić information content (AvgIpc) is 2.94. The maximum absolute atomic E-state index is 6.05. The van der Waals surface area contributed by atoms with E-state index < -0.39 is 0 Å². The number of benzene rings is 1. The fraction of sp³-hybridized carbons (Fsp3) is 0. The van der Waals surface area contributed by atoms with Crippen molar-refractivity contribution >= 4 is 51.4 Å². The summed E-state index contributed by atoms with van der Waals surface area (Å²) in [4.78, 5) is 5.07. The number of fused-ring (bicyclic) bond motifs is 1. The van der Waals surface area contributed by atoms with Gasteiger partial charge in [0.05, 0.1) is 11.9 Å². The van der Waals surface area contributed by atoms with Crippen LogP contribution < -0.4 is 5.43 Å². The first-order valence-electron chi connectivity index (χ1n) is 5.40. The molecule has 7 heteroatoms. The Morgan fingerprint density at radius 1 is 1.26 bits per heavy atom. The van der Waals surface area contributed by atoms with Gasteiger partial charge >= 0.3 is 0 Å². The number of imidazole rings is 1. The van der Waals surface area contributed by atoms with Gasteiger partial charge in [-0.3, -0.25) is 9.83 Å². The third-order valence-electron chi connectivity index (χ3n) is 2.48. The van der Waals surface area contributed by atoms with Gasteiger partial charge in [0.2, 0.25) is 0 Å².